The number of hydrogen-bond acceptors (Lipinski definition) is 6. The van der Waals surface area contributed by atoms with Gasteiger partial charge in [-0.3, -0.25) is 9.36 Å². The van der Waals surface area contributed by atoms with Crippen molar-refractivity contribution in [3.05, 3.63) is 34.3 Å². The van der Waals surface area contributed by atoms with Gasteiger partial charge in [0.05, 0.1) is 18.5 Å². The highest BCUT2D eigenvalue weighted by Crippen LogP contribution is 2.28. The molecule has 6 nitrogen and oxygen atoms in total. The number of halogens is 1. The number of benzene rings is 1. The van der Waals surface area contributed by atoms with Crippen molar-refractivity contribution in [2.24, 2.45) is 0 Å². The molecule has 1 aromatic heterocycles. The zero-order valence-corrected chi connectivity index (χ0v) is 16.7. The fourth-order valence-electron chi connectivity index (χ4n) is 2.70. The van der Waals surface area contributed by atoms with Crippen molar-refractivity contribution < 1.29 is 9.53 Å². The van der Waals surface area contributed by atoms with Gasteiger partial charge >= 0.3 is 0 Å². The Morgan fingerprint density at radius 1 is 1.28 bits per heavy atom. The number of rotatable bonds is 6. The minimum absolute atomic E-state index is 0.0936. The van der Waals surface area contributed by atoms with Crippen LogP contribution in [0.4, 0.5) is 5.95 Å². The van der Waals surface area contributed by atoms with Crippen LogP contribution in [0.1, 0.15) is 24.2 Å². The van der Waals surface area contributed by atoms with Crippen LogP contribution in [0.3, 0.4) is 0 Å². The number of hydrogen-bond donors (Lipinski definition) is 0. The van der Waals surface area contributed by atoms with E-state index < -0.39 is 0 Å². The third-order valence-corrected chi connectivity index (χ3v) is 5.70. The minimum Gasteiger partial charge on any atom is -0.378 e. The quantitative estimate of drug-likeness (QED) is 0.523. The fourth-order valence-corrected chi connectivity index (χ4v) is 3.95. The SMILES string of the molecule is CCn1c(SC(C)C(=O)c2ccc(Br)cc2)nnc1N1CCOCC1. The molecule has 2 aromatic rings. The molecule has 3 rings (SSSR count). The van der Waals surface area contributed by atoms with Crippen molar-refractivity contribution in [3.8, 4) is 0 Å². The molecular formula is C17H21BrN4O2S. The van der Waals surface area contributed by atoms with E-state index in [2.05, 4.69) is 42.5 Å². The zero-order chi connectivity index (χ0) is 17.8. The maximum Gasteiger partial charge on any atom is 0.228 e. The van der Waals surface area contributed by atoms with Crippen LogP contribution >= 0.6 is 27.7 Å². The van der Waals surface area contributed by atoms with Gasteiger partial charge in [0.1, 0.15) is 0 Å². The first-order valence-electron chi connectivity index (χ1n) is 8.32. The number of carbonyl (C=O) groups is 1. The van der Waals surface area contributed by atoms with E-state index in [-0.39, 0.29) is 11.0 Å². The Morgan fingerprint density at radius 2 is 1.96 bits per heavy atom. The number of carbonyl (C=O) groups excluding carboxylic acids is 1. The van der Waals surface area contributed by atoms with Gasteiger partial charge in [-0.05, 0) is 26.0 Å². The van der Waals surface area contributed by atoms with Crippen molar-refractivity contribution in [1.29, 1.82) is 0 Å². The third-order valence-electron chi connectivity index (χ3n) is 4.09. The number of anilines is 1. The van der Waals surface area contributed by atoms with E-state index in [1.165, 1.54) is 11.8 Å². The Hall–Kier alpha value is -1.38. The molecule has 25 heavy (non-hydrogen) atoms. The summed E-state index contributed by atoms with van der Waals surface area (Å²) in [6.07, 6.45) is 0. The number of nitrogens with zero attached hydrogens (tertiary/aromatic N) is 4. The van der Waals surface area contributed by atoms with Gasteiger partial charge in [0.15, 0.2) is 10.9 Å². The topological polar surface area (TPSA) is 60.2 Å². The molecule has 134 valence electrons. The minimum atomic E-state index is -0.229. The molecule has 0 N–H and O–H groups in total. The standard InChI is InChI=1S/C17H21BrN4O2S/c1-3-22-16(21-8-10-24-11-9-21)19-20-17(22)25-12(2)15(23)13-4-6-14(18)7-5-13/h4-7,12H,3,8-11H2,1-2H3. The second-order valence-electron chi connectivity index (χ2n) is 5.76. The lowest BCUT2D eigenvalue weighted by Crippen LogP contribution is -2.38. The first kappa shape index (κ1) is 18.4. The van der Waals surface area contributed by atoms with Gasteiger partial charge in [0, 0.05) is 29.7 Å². The molecule has 0 aliphatic carbocycles. The molecule has 1 saturated heterocycles. The van der Waals surface area contributed by atoms with Crippen LogP contribution < -0.4 is 4.90 Å². The summed E-state index contributed by atoms with van der Waals surface area (Å²) in [7, 11) is 0. The first-order valence-corrected chi connectivity index (χ1v) is 9.99. The Morgan fingerprint density at radius 3 is 2.60 bits per heavy atom. The molecule has 0 spiro atoms. The van der Waals surface area contributed by atoms with Crippen LogP contribution in [0.25, 0.3) is 0 Å². The van der Waals surface area contributed by atoms with Crippen LogP contribution in [0.2, 0.25) is 0 Å². The summed E-state index contributed by atoms with van der Waals surface area (Å²) in [5.74, 6) is 0.952. The molecule has 1 aromatic carbocycles. The molecule has 0 bridgehead atoms. The monoisotopic (exact) mass is 424 g/mol. The highest BCUT2D eigenvalue weighted by atomic mass is 79.9. The second-order valence-corrected chi connectivity index (χ2v) is 7.98. The lowest BCUT2D eigenvalue weighted by atomic mass is 10.1. The zero-order valence-electron chi connectivity index (χ0n) is 14.3. The van der Waals surface area contributed by atoms with Gasteiger partial charge < -0.3 is 9.64 Å². The first-order chi connectivity index (χ1) is 12.1. The number of Topliss-reactive ketones (excluding diaryl/α,β-unsaturated/α-hetero) is 1. The Balaban J connectivity index is 1.74. The molecule has 1 unspecified atom stereocenters. The molecular weight excluding hydrogens is 404 g/mol. The number of thioether (sulfide) groups is 1. The summed E-state index contributed by atoms with van der Waals surface area (Å²) in [5, 5.41) is 9.23. The van der Waals surface area contributed by atoms with Crippen molar-refractivity contribution in [2.45, 2.75) is 30.8 Å². The van der Waals surface area contributed by atoms with E-state index in [1.807, 2.05) is 31.2 Å². The fraction of sp³-hybridized carbons (Fsp3) is 0.471. The van der Waals surface area contributed by atoms with Crippen molar-refractivity contribution in [2.75, 3.05) is 31.2 Å². The van der Waals surface area contributed by atoms with Gasteiger partial charge in [-0.25, -0.2) is 0 Å². The van der Waals surface area contributed by atoms with Gasteiger partial charge in [-0.1, -0.05) is 39.8 Å². The largest absolute Gasteiger partial charge is 0.378 e. The Kier molecular flexibility index (Phi) is 6.14. The highest BCUT2D eigenvalue weighted by molar-refractivity contribution is 9.10. The average Bonchev–Trinajstić information content (AvgIpc) is 3.05. The van der Waals surface area contributed by atoms with Crippen LogP contribution in [-0.2, 0) is 11.3 Å². The smallest absolute Gasteiger partial charge is 0.228 e. The molecule has 0 radical (unpaired) electrons. The van der Waals surface area contributed by atoms with Gasteiger partial charge in [-0.2, -0.15) is 0 Å². The van der Waals surface area contributed by atoms with Crippen LogP contribution in [0.15, 0.2) is 33.9 Å². The number of morpholine rings is 1. The Labute approximate surface area is 160 Å². The van der Waals surface area contributed by atoms with Gasteiger partial charge in [-0.15, -0.1) is 10.2 Å². The lowest BCUT2D eigenvalue weighted by molar-refractivity contribution is 0.0994. The Bertz CT molecular complexity index is 729. The summed E-state index contributed by atoms with van der Waals surface area (Å²) in [4.78, 5) is 14.8. The summed E-state index contributed by atoms with van der Waals surface area (Å²) in [6.45, 7) is 7.79. The van der Waals surface area contributed by atoms with E-state index >= 15 is 0 Å². The summed E-state index contributed by atoms with van der Waals surface area (Å²) < 4.78 is 8.44. The van der Waals surface area contributed by atoms with E-state index in [1.54, 1.807) is 0 Å². The summed E-state index contributed by atoms with van der Waals surface area (Å²) >= 11 is 4.85. The predicted octanol–water partition coefficient (Wildman–Crippen LogP) is 3.26. The molecule has 1 atom stereocenters. The second kappa shape index (κ2) is 8.33. The number of ketones is 1. The van der Waals surface area contributed by atoms with E-state index in [9.17, 15) is 4.79 Å². The molecule has 1 aliphatic heterocycles. The predicted molar refractivity (Wildman–Crippen MR) is 103 cm³/mol. The molecule has 1 fully saturated rings. The molecule has 0 saturated carbocycles. The molecule has 0 amide bonds. The van der Waals surface area contributed by atoms with Crippen LogP contribution in [-0.4, -0.2) is 52.1 Å². The number of ether oxygens (including phenoxy) is 1. The van der Waals surface area contributed by atoms with Crippen molar-refractivity contribution in [3.63, 3.8) is 0 Å². The van der Waals surface area contributed by atoms with E-state index in [0.717, 1.165) is 35.2 Å². The van der Waals surface area contributed by atoms with Crippen molar-refractivity contribution in [1.82, 2.24) is 14.8 Å². The highest BCUT2D eigenvalue weighted by Gasteiger charge is 2.23. The summed E-state index contributed by atoms with van der Waals surface area (Å²) in [5.41, 5.74) is 0.708. The van der Waals surface area contributed by atoms with Crippen LogP contribution in [0.5, 0.6) is 0 Å². The maximum absolute atomic E-state index is 12.6. The van der Waals surface area contributed by atoms with Gasteiger partial charge in [0.2, 0.25) is 5.95 Å². The normalized spacial score (nSPS) is 16.0. The van der Waals surface area contributed by atoms with E-state index in [4.69, 9.17) is 4.74 Å². The molecule has 8 heteroatoms. The van der Waals surface area contributed by atoms with Crippen LogP contribution in [0, 0.1) is 0 Å². The van der Waals surface area contributed by atoms with E-state index in [0.29, 0.717) is 18.8 Å². The number of aromatic nitrogens is 3. The molecule has 1 aliphatic rings. The maximum atomic E-state index is 12.6. The van der Waals surface area contributed by atoms with Crippen molar-refractivity contribution >= 4 is 39.4 Å². The van der Waals surface area contributed by atoms with Gasteiger partial charge in [0.25, 0.3) is 0 Å². The summed E-state index contributed by atoms with van der Waals surface area (Å²) in [6, 6.07) is 7.45. The third kappa shape index (κ3) is 4.24. The average molecular weight is 425 g/mol. The lowest BCUT2D eigenvalue weighted by Gasteiger charge is -2.27. The molecule has 2 heterocycles.